The quantitative estimate of drug-likeness (QED) is 0.647. The Morgan fingerprint density at radius 3 is 2.61 bits per heavy atom. The Morgan fingerprint density at radius 2 is 1.83 bits per heavy atom. The lowest BCUT2D eigenvalue weighted by Gasteiger charge is -2.07. The van der Waals surface area contributed by atoms with Gasteiger partial charge in [0.05, 0.1) is 6.61 Å². The zero-order valence-electron chi connectivity index (χ0n) is 12.9. The van der Waals surface area contributed by atoms with Crippen molar-refractivity contribution in [2.24, 2.45) is 0 Å². The number of ether oxygens (including phenoxy) is 2. The van der Waals surface area contributed by atoms with Crippen LogP contribution in [0.15, 0.2) is 60.8 Å². The first-order chi connectivity index (χ1) is 11.3. The molecule has 116 valence electrons. The molecule has 0 N–H and O–H groups in total. The smallest absolute Gasteiger partial charge is 0.356 e. The summed E-state index contributed by atoms with van der Waals surface area (Å²) in [7, 11) is 0. The van der Waals surface area contributed by atoms with E-state index in [4.69, 9.17) is 9.47 Å². The molecule has 0 spiro atoms. The maximum atomic E-state index is 11.8. The van der Waals surface area contributed by atoms with Crippen molar-refractivity contribution in [2.45, 2.75) is 13.3 Å². The highest BCUT2D eigenvalue weighted by molar-refractivity contribution is 5.93. The monoisotopic (exact) mass is 307 g/mol. The van der Waals surface area contributed by atoms with Gasteiger partial charge in [-0.05, 0) is 42.1 Å². The van der Waals surface area contributed by atoms with E-state index in [1.807, 2.05) is 55.5 Å². The Labute approximate surface area is 134 Å². The zero-order chi connectivity index (χ0) is 16.1. The van der Waals surface area contributed by atoms with Crippen molar-refractivity contribution >= 4 is 16.7 Å². The van der Waals surface area contributed by atoms with E-state index in [0.29, 0.717) is 12.3 Å². The van der Waals surface area contributed by atoms with Crippen LogP contribution in [0.2, 0.25) is 0 Å². The van der Waals surface area contributed by atoms with Gasteiger partial charge in [-0.1, -0.05) is 31.2 Å². The van der Waals surface area contributed by atoms with Gasteiger partial charge in [-0.15, -0.1) is 0 Å². The zero-order valence-corrected chi connectivity index (χ0v) is 12.9. The Hall–Kier alpha value is -2.88. The maximum absolute atomic E-state index is 11.8. The third kappa shape index (κ3) is 3.66. The fourth-order valence-corrected chi connectivity index (χ4v) is 2.19. The molecule has 0 saturated carbocycles. The summed E-state index contributed by atoms with van der Waals surface area (Å²) >= 11 is 0. The van der Waals surface area contributed by atoms with E-state index < -0.39 is 5.97 Å². The van der Waals surface area contributed by atoms with Gasteiger partial charge in [-0.2, -0.15) is 0 Å². The van der Waals surface area contributed by atoms with Crippen molar-refractivity contribution in [1.29, 1.82) is 0 Å². The highest BCUT2D eigenvalue weighted by Crippen LogP contribution is 2.25. The lowest BCUT2D eigenvalue weighted by Crippen LogP contribution is -2.07. The number of fused-ring (bicyclic) bond motifs is 1. The number of hydrogen-bond donors (Lipinski definition) is 0. The van der Waals surface area contributed by atoms with E-state index in [-0.39, 0.29) is 0 Å². The predicted octanol–water partition coefficient (Wildman–Crippen LogP) is 4.59. The number of benzene rings is 2. The van der Waals surface area contributed by atoms with Crippen LogP contribution in [0.4, 0.5) is 0 Å². The number of carbonyl (C=O) groups excluding carboxylic acids is 1. The van der Waals surface area contributed by atoms with Crippen LogP contribution in [-0.4, -0.2) is 17.6 Å². The van der Waals surface area contributed by atoms with E-state index in [9.17, 15) is 4.79 Å². The molecule has 2 aromatic carbocycles. The molecule has 0 radical (unpaired) electrons. The van der Waals surface area contributed by atoms with Crippen LogP contribution in [0.25, 0.3) is 10.8 Å². The summed E-state index contributed by atoms with van der Waals surface area (Å²) in [6.07, 6.45) is 2.45. The van der Waals surface area contributed by atoms with E-state index in [0.717, 1.165) is 28.7 Å². The average molecular weight is 307 g/mol. The van der Waals surface area contributed by atoms with E-state index in [2.05, 4.69) is 4.98 Å². The molecule has 4 nitrogen and oxygen atoms in total. The molecule has 3 aromatic rings. The third-order valence-corrected chi connectivity index (χ3v) is 3.32. The molecule has 0 atom stereocenters. The van der Waals surface area contributed by atoms with E-state index in [1.165, 1.54) is 0 Å². The third-order valence-electron chi connectivity index (χ3n) is 3.32. The number of para-hydroxylation sites is 1. The SMILES string of the molecule is CCCOC(=O)c1cc2ccc(Oc3ccccc3)cc2cn1. The molecule has 0 bridgehead atoms. The Bertz CT molecular complexity index is 815. The van der Waals surface area contributed by atoms with Crippen LogP contribution in [0, 0.1) is 0 Å². The molecule has 4 heteroatoms. The number of hydrogen-bond acceptors (Lipinski definition) is 4. The fourth-order valence-electron chi connectivity index (χ4n) is 2.19. The summed E-state index contributed by atoms with van der Waals surface area (Å²) in [6, 6.07) is 17.0. The summed E-state index contributed by atoms with van der Waals surface area (Å²) in [6.45, 7) is 2.36. The lowest BCUT2D eigenvalue weighted by molar-refractivity contribution is 0.0498. The minimum atomic E-state index is -0.390. The maximum Gasteiger partial charge on any atom is 0.356 e. The molecular formula is C19H17NO3. The van der Waals surface area contributed by atoms with E-state index >= 15 is 0 Å². The van der Waals surface area contributed by atoms with Crippen molar-refractivity contribution in [2.75, 3.05) is 6.61 Å². The van der Waals surface area contributed by atoms with Crippen LogP contribution < -0.4 is 4.74 Å². The van der Waals surface area contributed by atoms with Crippen LogP contribution in [0.3, 0.4) is 0 Å². The molecule has 1 aromatic heterocycles. The summed E-state index contributed by atoms with van der Waals surface area (Å²) in [4.78, 5) is 16.0. The summed E-state index contributed by atoms with van der Waals surface area (Å²) in [5, 5.41) is 1.83. The molecule has 0 saturated heterocycles. The molecule has 1 heterocycles. The second kappa shape index (κ2) is 6.92. The first kappa shape index (κ1) is 15.0. The first-order valence-corrected chi connectivity index (χ1v) is 7.56. The van der Waals surface area contributed by atoms with Gasteiger partial charge in [0, 0.05) is 11.6 Å². The van der Waals surface area contributed by atoms with Crippen molar-refractivity contribution in [1.82, 2.24) is 4.98 Å². The van der Waals surface area contributed by atoms with E-state index in [1.54, 1.807) is 12.3 Å². The second-order valence-corrected chi connectivity index (χ2v) is 5.13. The molecule has 0 aliphatic carbocycles. The van der Waals surface area contributed by atoms with Crippen LogP contribution in [0.1, 0.15) is 23.8 Å². The van der Waals surface area contributed by atoms with Gasteiger partial charge in [0.25, 0.3) is 0 Å². The molecule has 3 rings (SSSR count). The Morgan fingerprint density at radius 1 is 1.00 bits per heavy atom. The topological polar surface area (TPSA) is 48.4 Å². The van der Waals surface area contributed by atoms with Crippen molar-refractivity contribution < 1.29 is 14.3 Å². The van der Waals surface area contributed by atoms with Gasteiger partial charge in [-0.3, -0.25) is 0 Å². The molecule has 0 aliphatic heterocycles. The standard InChI is InChI=1S/C19H17NO3/c1-2-10-22-19(21)18-12-14-8-9-17(11-15(14)13-20-18)23-16-6-4-3-5-7-16/h3-9,11-13H,2,10H2,1H3. The van der Waals surface area contributed by atoms with Crippen molar-refractivity contribution in [3.8, 4) is 11.5 Å². The normalized spacial score (nSPS) is 10.5. The van der Waals surface area contributed by atoms with Gasteiger partial charge >= 0.3 is 5.97 Å². The highest BCUT2D eigenvalue weighted by Gasteiger charge is 2.09. The first-order valence-electron chi connectivity index (χ1n) is 7.56. The second-order valence-electron chi connectivity index (χ2n) is 5.13. The molecule has 0 unspecified atom stereocenters. The van der Waals surface area contributed by atoms with Gasteiger partial charge in [0.1, 0.15) is 17.2 Å². The van der Waals surface area contributed by atoms with Gasteiger partial charge in [-0.25, -0.2) is 9.78 Å². The molecule has 23 heavy (non-hydrogen) atoms. The highest BCUT2D eigenvalue weighted by atomic mass is 16.5. The molecule has 0 aliphatic rings. The van der Waals surface area contributed by atoms with Crippen molar-refractivity contribution in [3.63, 3.8) is 0 Å². The minimum absolute atomic E-state index is 0.322. The van der Waals surface area contributed by atoms with Gasteiger partial charge < -0.3 is 9.47 Å². The summed E-state index contributed by atoms with van der Waals surface area (Å²) in [5.41, 5.74) is 0.322. The number of rotatable bonds is 5. The Kier molecular flexibility index (Phi) is 4.52. The number of pyridine rings is 1. The van der Waals surface area contributed by atoms with Gasteiger partial charge in [0.2, 0.25) is 0 Å². The number of carbonyl (C=O) groups is 1. The van der Waals surface area contributed by atoms with Crippen LogP contribution in [0.5, 0.6) is 11.5 Å². The number of aromatic nitrogens is 1. The molecular weight excluding hydrogens is 290 g/mol. The minimum Gasteiger partial charge on any atom is -0.461 e. The van der Waals surface area contributed by atoms with Crippen LogP contribution in [-0.2, 0) is 4.74 Å². The molecule has 0 fully saturated rings. The largest absolute Gasteiger partial charge is 0.461 e. The fraction of sp³-hybridized carbons (Fsp3) is 0.158. The number of nitrogens with zero attached hydrogens (tertiary/aromatic N) is 1. The Balaban J connectivity index is 1.82. The predicted molar refractivity (Wildman–Crippen MR) is 88.8 cm³/mol. The number of esters is 1. The van der Waals surface area contributed by atoms with Crippen molar-refractivity contribution in [3.05, 3.63) is 66.5 Å². The average Bonchev–Trinajstić information content (AvgIpc) is 2.60. The van der Waals surface area contributed by atoms with Gasteiger partial charge in [0.15, 0.2) is 0 Å². The lowest BCUT2D eigenvalue weighted by atomic mass is 10.1. The summed E-state index contributed by atoms with van der Waals surface area (Å²) in [5.74, 6) is 1.12. The van der Waals surface area contributed by atoms with Crippen LogP contribution >= 0.6 is 0 Å². The molecule has 0 amide bonds. The summed E-state index contributed by atoms with van der Waals surface area (Å²) < 4.78 is 10.9.